The lowest BCUT2D eigenvalue weighted by Gasteiger charge is -2.23. The Kier molecular flexibility index (Phi) is 6.58. The minimum Gasteiger partial charge on any atom is -0.493 e. The lowest BCUT2D eigenvalue weighted by Crippen LogP contribution is -2.32. The number of amides is 1. The molecule has 38 heavy (non-hydrogen) atoms. The van der Waals surface area contributed by atoms with Crippen molar-refractivity contribution in [2.24, 2.45) is 0 Å². The number of anilines is 1. The average Bonchev–Trinajstić information content (AvgIpc) is 3.67. The summed E-state index contributed by atoms with van der Waals surface area (Å²) >= 11 is 0. The molecule has 7 heteroatoms. The molecule has 6 rings (SSSR count). The maximum absolute atomic E-state index is 13.6. The Morgan fingerprint density at radius 3 is 2.47 bits per heavy atom. The van der Waals surface area contributed by atoms with Crippen molar-refractivity contribution in [3.05, 3.63) is 78.1 Å². The van der Waals surface area contributed by atoms with E-state index >= 15 is 0 Å². The van der Waals surface area contributed by atoms with Crippen LogP contribution in [-0.2, 0) is 6.54 Å². The molecule has 0 N–H and O–H groups in total. The topological polar surface area (TPSA) is 67.8 Å². The van der Waals surface area contributed by atoms with Crippen LogP contribution >= 0.6 is 0 Å². The Balaban J connectivity index is 1.28. The molecule has 1 aliphatic heterocycles. The number of carbonyl (C=O) groups excluding carboxylic acids is 1. The molecule has 0 bridgehead atoms. The number of benzene rings is 3. The summed E-state index contributed by atoms with van der Waals surface area (Å²) in [7, 11) is 3.18. The van der Waals surface area contributed by atoms with E-state index in [4.69, 9.17) is 9.47 Å². The highest BCUT2D eigenvalue weighted by Gasteiger charge is 2.33. The van der Waals surface area contributed by atoms with Crippen LogP contribution in [0.25, 0.3) is 22.0 Å². The third-order valence-electron chi connectivity index (χ3n) is 7.51. The Bertz CT molecular complexity index is 1480. The number of fused-ring (bicyclic) bond motifs is 1. The van der Waals surface area contributed by atoms with Gasteiger partial charge in [-0.15, -0.1) is 0 Å². The first-order chi connectivity index (χ1) is 18.6. The zero-order valence-electron chi connectivity index (χ0n) is 21.9. The Hall–Kier alpha value is -4.13. The highest BCUT2D eigenvalue weighted by Crippen LogP contribution is 2.34. The Morgan fingerprint density at radius 1 is 0.921 bits per heavy atom. The summed E-state index contributed by atoms with van der Waals surface area (Å²) in [6.07, 6.45) is 6.13. The summed E-state index contributed by atoms with van der Waals surface area (Å²) in [4.78, 5) is 27.1. The zero-order chi connectivity index (χ0) is 26.1. The summed E-state index contributed by atoms with van der Waals surface area (Å²) in [6, 6.07) is 20.5. The van der Waals surface area contributed by atoms with Gasteiger partial charge < -0.3 is 19.3 Å². The number of rotatable bonds is 8. The fourth-order valence-corrected chi connectivity index (χ4v) is 5.34. The van der Waals surface area contributed by atoms with Gasteiger partial charge in [-0.1, -0.05) is 24.3 Å². The number of nitrogens with zero attached hydrogens (tertiary/aromatic N) is 4. The number of carbonyl (C=O) groups is 1. The Labute approximate surface area is 223 Å². The van der Waals surface area contributed by atoms with E-state index in [-0.39, 0.29) is 11.9 Å². The van der Waals surface area contributed by atoms with Crippen LogP contribution in [0.1, 0.15) is 41.6 Å². The molecule has 0 spiro atoms. The molecule has 2 fully saturated rings. The maximum atomic E-state index is 13.6. The van der Waals surface area contributed by atoms with Gasteiger partial charge in [0.1, 0.15) is 12.1 Å². The fourth-order valence-electron chi connectivity index (χ4n) is 5.34. The van der Waals surface area contributed by atoms with Gasteiger partial charge in [0, 0.05) is 36.6 Å². The average molecular weight is 509 g/mol. The standard InChI is InChI=1S/C31H32N4O3/c1-37-28-13-9-24(18-29(28)38-2)31(36)35(25-10-11-25)19-21-6-5-7-22(16-21)23-8-12-27-26(17-23)30(33-20-32-27)34-14-3-4-15-34/h5-9,12-13,16-18,20,25H,3-4,10-11,14-15,19H2,1-2H3. The Morgan fingerprint density at radius 2 is 1.71 bits per heavy atom. The number of hydrogen-bond donors (Lipinski definition) is 0. The highest BCUT2D eigenvalue weighted by molar-refractivity contribution is 5.95. The van der Waals surface area contributed by atoms with E-state index in [1.54, 1.807) is 32.7 Å². The van der Waals surface area contributed by atoms with Crippen molar-refractivity contribution in [2.45, 2.75) is 38.3 Å². The molecule has 1 amide bonds. The highest BCUT2D eigenvalue weighted by atomic mass is 16.5. The van der Waals surface area contributed by atoms with Crippen LogP contribution in [0.2, 0.25) is 0 Å². The second-order valence-corrected chi connectivity index (χ2v) is 10.1. The normalized spacial score (nSPS) is 15.1. The molecule has 1 saturated heterocycles. The second-order valence-electron chi connectivity index (χ2n) is 10.1. The lowest BCUT2D eigenvalue weighted by molar-refractivity contribution is 0.0729. The van der Waals surface area contributed by atoms with Crippen molar-refractivity contribution in [3.8, 4) is 22.6 Å². The van der Waals surface area contributed by atoms with Gasteiger partial charge in [-0.05, 0) is 78.8 Å². The predicted molar refractivity (Wildman–Crippen MR) is 149 cm³/mol. The summed E-state index contributed by atoms with van der Waals surface area (Å²) in [5.74, 6) is 2.20. The van der Waals surface area contributed by atoms with Crippen LogP contribution in [0, 0.1) is 0 Å². The first kappa shape index (κ1) is 24.2. The van der Waals surface area contributed by atoms with Crippen LogP contribution in [0.3, 0.4) is 0 Å². The number of methoxy groups -OCH3 is 2. The van der Waals surface area contributed by atoms with Gasteiger partial charge in [0.05, 0.1) is 19.7 Å². The molecule has 1 aromatic heterocycles. The van der Waals surface area contributed by atoms with Crippen molar-refractivity contribution < 1.29 is 14.3 Å². The van der Waals surface area contributed by atoms with E-state index in [2.05, 4.69) is 57.3 Å². The van der Waals surface area contributed by atoms with Crippen LogP contribution in [0.15, 0.2) is 67.0 Å². The van der Waals surface area contributed by atoms with E-state index < -0.39 is 0 Å². The smallest absolute Gasteiger partial charge is 0.254 e. The molecule has 7 nitrogen and oxygen atoms in total. The minimum atomic E-state index is 0.0111. The first-order valence-electron chi connectivity index (χ1n) is 13.3. The van der Waals surface area contributed by atoms with Crippen LogP contribution < -0.4 is 14.4 Å². The summed E-state index contributed by atoms with van der Waals surface area (Å²) in [5.41, 5.74) is 4.91. The molecule has 4 aromatic rings. The minimum absolute atomic E-state index is 0.0111. The SMILES string of the molecule is COc1ccc(C(=O)N(Cc2cccc(-c3ccc4ncnc(N5CCCC5)c4c3)c2)C2CC2)cc1OC. The second kappa shape index (κ2) is 10.3. The van der Waals surface area contributed by atoms with E-state index in [9.17, 15) is 4.79 Å². The molecule has 194 valence electrons. The molecule has 0 radical (unpaired) electrons. The van der Waals surface area contributed by atoms with Gasteiger partial charge in [0.15, 0.2) is 11.5 Å². The van der Waals surface area contributed by atoms with Gasteiger partial charge in [-0.25, -0.2) is 9.97 Å². The molecule has 3 aromatic carbocycles. The van der Waals surface area contributed by atoms with Gasteiger partial charge in [0.25, 0.3) is 5.91 Å². The molecule has 0 unspecified atom stereocenters. The third-order valence-corrected chi connectivity index (χ3v) is 7.51. The van der Waals surface area contributed by atoms with Crippen molar-refractivity contribution in [1.29, 1.82) is 0 Å². The van der Waals surface area contributed by atoms with Crippen LogP contribution in [0.5, 0.6) is 11.5 Å². The largest absolute Gasteiger partial charge is 0.493 e. The number of ether oxygens (including phenoxy) is 2. The molecule has 0 atom stereocenters. The van der Waals surface area contributed by atoms with Gasteiger partial charge in [0.2, 0.25) is 0 Å². The van der Waals surface area contributed by atoms with Crippen molar-refractivity contribution in [2.75, 3.05) is 32.2 Å². The van der Waals surface area contributed by atoms with E-state index in [1.807, 2.05) is 11.0 Å². The predicted octanol–water partition coefficient (Wildman–Crippen LogP) is 5.72. The molecular weight excluding hydrogens is 476 g/mol. The van der Waals surface area contributed by atoms with Gasteiger partial charge >= 0.3 is 0 Å². The van der Waals surface area contributed by atoms with Crippen LogP contribution in [-0.4, -0.2) is 54.1 Å². The third kappa shape index (κ3) is 4.76. The van der Waals surface area contributed by atoms with Crippen LogP contribution in [0.4, 0.5) is 5.82 Å². The fraction of sp³-hybridized carbons (Fsp3) is 0.323. The maximum Gasteiger partial charge on any atom is 0.254 e. The molecular formula is C31H32N4O3. The van der Waals surface area contributed by atoms with Gasteiger partial charge in [-0.3, -0.25) is 4.79 Å². The number of aromatic nitrogens is 2. The van der Waals surface area contributed by atoms with E-state index in [0.29, 0.717) is 23.6 Å². The lowest BCUT2D eigenvalue weighted by atomic mass is 10.0. The summed E-state index contributed by atoms with van der Waals surface area (Å²) in [5, 5.41) is 1.08. The van der Waals surface area contributed by atoms with E-state index in [1.165, 1.54) is 12.8 Å². The number of hydrogen-bond acceptors (Lipinski definition) is 6. The quantitative estimate of drug-likeness (QED) is 0.303. The summed E-state index contributed by atoms with van der Waals surface area (Å²) in [6.45, 7) is 2.63. The van der Waals surface area contributed by atoms with Crippen molar-refractivity contribution in [3.63, 3.8) is 0 Å². The van der Waals surface area contributed by atoms with Gasteiger partial charge in [-0.2, -0.15) is 0 Å². The monoisotopic (exact) mass is 508 g/mol. The van der Waals surface area contributed by atoms with Crippen molar-refractivity contribution >= 4 is 22.6 Å². The summed E-state index contributed by atoms with van der Waals surface area (Å²) < 4.78 is 10.8. The van der Waals surface area contributed by atoms with E-state index in [0.717, 1.165) is 59.3 Å². The zero-order valence-corrected chi connectivity index (χ0v) is 21.9. The molecule has 1 aliphatic carbocycles. The molecule has 1 saturated carbocycles. The molecule has 2 aliphatic rings. The first-order valence-corrected chi connectivity index (χ1v) is 13.3. The van der Waals surface area contributed by atoms with Crippen molar-refractivity contribution in [1.82, 2.24) is 14.9 Å². The molecule has 2 heterocycles.